The van der Waals surface area contributed by atoms with Crippen LogP contribution in [-0.4, -0.2) is 22.1 Å². The number of hydrogen-bond donors (Lipinski definition) is 2. The van der Waals surface area contributed by atoms with E-state index in [9.17, 15) is 9.18 Å². The zero-order valence-corrected chi connectivity index (χ0v) is 11.9. The number of aromatic nitrogens is 2. The fourth-order valence-electron chi connectivity index (χ4n) is 1.91. The Balaban J connectivity index is 2.15. The number of nitrogens with one attached hydrogen (secondary N) is 1. The summed E-state index contributed by atoms with van der Waals surface area (Å²) in [5.41, 5.74) is 6.73. The van der Waals surface area contributed by atoms with Gasteiger partial charge in [0.25, 0.3) is 0 Å². The number of nitrogens with two attached hydrogens (primary N) is 1. The van der Waals surface area contributed by atoms with Gasteiger partial charge in [0.1, 0.15) is 17.7 Å². The number of hydrogen-bond acceptors (Lipinski definition) is 4. The molecule has 21 heavy (non-hydrogen) atoms. The van der Waals surface area contributed by atoms with Crippen molar-refractivity contribution < 1.29 is 9.18 Å². The van der Waals surface area contributed by atoms with Crippen molar-refractivity contribution in [3.8, 4) is 11.3 Å². The van der Waals surface area contributed by atoms with Crippen LogP contribution in [0.15, 0.2) is 36.4 Å². The molecule has 1 heterocycles. The van der Waals surface area contributed by atoms with E-state index >= 15 is 0 Å². The molecule has 1 aromatic carbocycles. The molecule has 0 aliphatic rings. The lowest BCUT2D eigenvalue weighted by Gasteiger charge is -2.19. The van der Waals surface area contributed by atoms with Crippen molar-refractivity contribution in [2.24, 2.45) is 11.7 Å². The molecule has 6 heteroatoms. The van der Waals surface area contributed by atoms with Gasteiger partial charge in [0.15, 0.2) is 0 Å². The van der Waals surface area contributed by atoms with Crippen LogP contribution in [0.5, 0.6) is 0 Å². The first-order chi connectivity index (χ1) is 9.97. The van der Waals surface area contributed by atoms with Crippen molar-refractivity contribution in [2.75, 3.05) is 5.32 Å². The highest BCUT2D eigenvalue weighted by atomic mass is 19.1. The highest BCUT2D eigenvalue weighted by Gasteiger charge is 2.19. The van der Waals surface area contributed by atoms with Gasteiger partial charge in [0.05, 0.1) is 5.69 Å². The monoisotopic (exact) mass is 288 g/mol. The number of halogens is 1. The first-order valence-corrected chi connectivity index (χ1v) is 6.63. The fourth-order valence-corrected chi connectivity index (χ4v) is 1.91. The number of amides is 1. The molecule has 0 spiro atoms. The van der Waals surface area contributed by atoms with Crippen LogP contribution in [-0.2, 0) is 4.79 Å². The summed E-state index contributed by atoms with van der Waals surface area (Å²) in [5.74, 6) is -0.222. The lowest BCUT2D eigenvalue weighted by Crippen LogP contribution is -2.39. The van der Waals surface area contributed by atoms with Gasteiger partial charge in [-0.25, -0.2) is 4.39 Å². The Kier molecular flexibility index (Phi) is 4.47. The van der Waals surface area contributed by atoms with Crippen LogP contribution in [0.3, 0.4) is 0 Å². The minimum absolute atomic E-state index is 0.0427. The van der Waals surface area contributed by atoms with Crippen LogP contribution < -0.4 is 11.1 Å². The van der Waals surface area contributed by atoms with E-state index in [2.05, 4.69) is 15.5 Å². The molecule has 0 aliphatic heterocycles. The largest absolute Gasteiger partial charge is 0.368 e. The number of anilines is 1. The van der Waals surface area contributed by atoms with E-state index in [0.29, 0.717) is 11.5 Å². The van der Waals surface area contributed by atoms with Crippen molar-refractivity contribution in [3.05, 3.63) is 42.2 Å². The van der Waals surface area contributed by atoms with Gasteiger partial charge in [-0.3, -0.25) is 4.79 Å². The SMILES string of the molecule is CC(C)C(Nc1ccc(-c2ccc(F)cc2)nn1)C(N)=O. The minimum Gasteiger partial charge on any atom is -0.368 e. The Morgan fingerprint density at radius 2 is 1.81 bits per heavy atom. The summed E-state index contributed by atoms with van der Waals surface area (Å²) in [6.45, 7) is 3.78. The molecule has 1 aromatic heterocycles. The molecular weight excluding hydrogens is 271 g/mol. The second-order valence-electron chi connectivity index (χ2n) is 5.08. The van der Waals surface area contributed by atoms with E-state index in [1.54, 1.807) is 24.3 Å². The molecule has 2 aromatic rings. The van der Waals surface area contributed by atoms with Crippen molar-refractivity contribution in [2.45, 2.75) is 19.9 Å². The van der Waals surface area contributed by atoms with Crippen LogP contribution in [0.4, 0.5) is 10.2 Å². The fraction of sp³-hybridized carbons (Fsp3) is 0.267. The van der Waals surface area contributed by atoms with E-state index in [1.807, 2.05) is 13.8 Å². The molecule has 0 radical (unpaired) electrons. The quantitative estimate of drug-likeness (QED) is 0.883. The van der Waals surface area contributed by atoms with E-state index < -0.39 is 11.9 Å². The van der Waals surface area contributed by atoms with Gasteiger partial charge in [0, 0.05) is 5.56 Å². The number of carbonyl (C=O) groups is 1. The molecule has 0 aliphatic carbocycles. The lowest BCUT2D eigenvalue weighted by molar-refractivity contribution is -0.119. The number of primary amides is 1. The average molecular weight is 288 g/mol. The summed E-state index contributed by atoms with van der Waals surface area (Å²) in [6, 6.07) is 8.96. The van der Waals surface area contributed by atoms with Crippen LogP contribution in [0, 0.1) is 11.7 Å². The molecule has 2 rings (SSSR count). The van der Waals surface area contributed by atoms with Crippen molar-refractivity contribution in [1.82, 2.24) is 10.2 Å². The van der Waals surface area contributed by atoms with Gasteiger partial charge < -0.3 is 11.1 Å². The molecule has 1 atom stereocenters. The smallest absolute Gasteiger partial charge is 0.240 e. The summed E-state index contributed by atoms with van der Waals surface area (Å²) in [7, 11) is 0. The van der Waals surface area contributed by atoms with Crippen LogP contribution in [0.25, 0.3) is 11.3 Å². The van der Waals surface area contributed by atoms with Crippen LogP contribution in [0.1, 0.15) is 13.8 Å². The number of carbonyl (C=O) groups excluding carboxylic acids is 1. The van der Waals surface area contributed by atoms with E-state index in [-0.39, 0.29) is 11.7 Å². The van der Waals surface area contributed by atoms with Gasteiger partial charge in [-0.15, -0.1) is 10.2 Å². The first-order valence-electron chi connectivity index (χ1n) is 6.63. The van der Waals surface area contributed by atoms with E-state index in [1.165, 1.54) is 12.1 Å². The maximum atomic E-state index is 12.9. The van der Waals surface area contributed by atoms with Gasteiger partial charge in [-0.1, -0.05) is 13.8 Å². The molecule has 0 saturated heterocycles. The second-order valence-corrected chi connectivity index (χ2v) is 5.08. The molecule has 1 unspecified atom stereocenters. The highest BCUT2D eigenvalue weighted by molar-refractivity contribution is 5.82. The number of rotatable bonds is 5. The Morgan fingerprint density at radius 1 is 1.14 bits per heavy atom. The molecule has 3 N–H and O–H groups in total. The maximum absolute atomic E-state index is 12.9. The normalized spacial score (nSPS) is 12.2. The van der Waals surface area contributed by atoms with Crippen molar-refractivity contribution in [3.63, 3.8) is 0 Å². The van der Waals surface area contributed by atoms with Crippen molar-refractivity contribution >= 4 is 11.7 Å². The van der Waals surface area contributed by atoms with Crippen LogP contribution >= 0.6 is 0 Å². The predicted octanol–water partition coefficient (Wildman–Crippen LogP) is 2.20. The Morgan fingerprint density at radius 3 is 2.29 bits per heavy atom. The summed E-state index contributed by atoms with van der Waals surface area (Å²) in [6.07, 6.45) is 0. The summed E-state index contributed by atoms with van der Waals surface area (Å²) < 4.78 is 12.9. The Bertz CT molecular complexity index is 611. The van der Waals surface area contributed by atoms with Gasteiger partial charge in [0.2, 0.25) is 5.91 Å². The third-order valence-corrected chi connectivity index (χ3v) is 3.08. The third-order valence-electron chi connectivity index (χ3n) is 3.08. The van der Waals surface area contributed by atoms with Gasteiger partial charge >= 0.3 is 0 Å². The molecule has 0 bridgehead atoms. The minimum atomic E-state index is -0.504. The molecule has 1 amide bonds. The Labute approximate surface area is 122 Å². The van der Waals surface area contributed by atoms with Gasteiger partial charge in [-0.05, 0) is 42.3 Å². The maximum Gasteiger partial charge on any atom is 0.240 e. The van der Waals surface area contributed by atoms with Crippen LogP contribution in [0.2, 0.25) is 0 Å². The highest BCUT2D eigenvalue weighted by Crippen LogP contribution is 2.18. The second kappa shape index (κ2) is 6.30. The summed E-state index contributed by atoms with van der Waals surface area (Å²) >= 11 is 0. The van der Waals surface area contributed by atoms with E-state index in [0.717, 1.165) is 5.56 Å². The van der Waals surface area contributed by atoms with E-state index in [4.69, 9.17) is 5.73 Å². The molecule has 0 fully saturated rings. The van der Waals surface area contributed by atoms with Crippen molar-refractivity contribution in [1.29, 1.82) is 0 Å². The lowest BCUT2D eigenvalue weighted by atomic mass is 10.0. The number of nitrogens with zero attached hydrogens (tertiary/aromatic N) is 2. The average Bonchev–Trinajstić information content (AvgIpc) is 2.45. The first kappa shape index (κ1) is 14.9. The zero-order valence-electron chi connectivity index (χ0n) is 11.9. The summed E-state index contributed by atoms with van der Waals surface area (Å²) in [4.78, 5) is 11.3. The topological polar surface area (TPSA) is 80.9 Å². The molecule has 0 saturated carbocycles. The molecular formula is C15H17FN4O. The zero-order chi connectivity index (χ0) is 15.4. The third kappa shape index (κ3) is 3.75. The Hall–Kier alpha value is -2.50. The summed E-state index contributed by atoms with van der Waals surface area (Å²) in [5, 5.41) is 11.0. The molecule has 110 valence electrons. The predicted molar refractivity (Wildman–Crippen MR) is 78.9 cm³/mol. The number of benzene rings is 1. The molecule has 5 nitrogen and oxygen atoms in total. The van der Waals surface area contributed by atoms with Gasteiger partial charge in [-0.2, -0.15) is 0 Å². The standard InChI is InChI=1S/C15H17FN4O/c1-9(2)14(15(17)21)18-13-8-7-12(19-20-13)10-3-5-11(16)6-4-10/h3-9,14H,1-2H3,(H2,17,21)(H,18,20).